The molecule has 1 aromatic heterocycles. The summed E-state index contributed by atoms with van der Waals surface area (Å²) in [5, 5.41) is 11.0. The molecule has 8 heteroatoms. The van der Waals surface area contributed by atoms with Crippen LogP contribution in [0.25, 0.3) is 10.9 Å². The fraction of sp³-hybridized carbons (Fsp3) is 0.577. The molecular formula is C26H33FN2O4S. The molecule has 4 rings (SSSR count). The Labute approximate surface area is 204 Å². The Hall–Kier alpha value is -2.19. The van der Waals surface area contributed by atoms with Crippen LogP contribution in [-0.4, -0.2) is 64.5 Å². The minimum atomic E-state index is -0.809. The number of nitrogens with zero attached hydrogens (tertiary/aromatic N) is 2. The van der Waals surface area contributed by atoms with Crippen LogP contribution in [0.1, 0.15) is 55.3 Å². The lowest BCUT2D eigenvalue weighted by molar-refractivity contribution is -0.146. The van der Waals surface area contributed by atoms with Crippen molar-refractivity contribution in [3.8, 4) is 5.75 Å². The van der Waals surface area contributed by atoms with E-state index in [0.717, 1.165) is 36.7 Å². The molecule has 2 heterocycles. The number of carboxylic acids is 1. The van der Waals surface area contributed by atoms with Crippen molar-refractivity contribution in [2.75, 3.05) is 32.5 Å². The van der Waals surface area contributed by atoms with Gasteiger partial charge in [0.2, 0.25) is 0 Å². The summed E-state index contributed by atoms with van der Waals surface area (Å²) >= 11 is 2.02. The van der Waals surface area contributed by atoms with Gasteiger partial charge in [-0.2, -0.15) is 11.8 Å². The molecule has 6 nitrogen and oxygen atoms in total. The Bertz CT molecular complexity index is 1030. The fourth-order valence-corrected chi connectivity index (χ4v) is 6.66. The number of aromatic nitrogens is 1. The van der Waals surface area contributed by atoms with Gasteiger partial charge in [0.05, 0.1) is 30.3 Å². The quantitative estimate of drug-likeness (QED) is 0.469. The number of carbonyl (C=O) groups is 2. The first-order valence-corrected chi connectivity index (χ1v) is 13.2. The highest BCUT2D eigenvalue weighted by Gasteiger charge is 2.34. The maximum atomic E-state index is 14.6. The molecule has 2 atom stereocenters. The number of ether oxygens (including phenoxy) is 1. The molecule has 2 fully saturated rings. The number of rotatable bonds is 10. The van der Waals surface area contributed by atoms with E-state index in [2.05, 4.69) is 9.88 Å². The second-order valence-corrected chi connectivity index (χ2v) is 10.8. The number of piperidine rings is 1. The maximum Gasteiger partial charge on any atom is 0.308 e. The number of ketones is 1. The number of hydrogen-bond acceptors (Lipinski definition) is 6. The fourth-order valence-electron chi connectivity index (χ4n) is 5.30. The summed E-state index contributed by atoms with van der Waals surface area (Å²) in [6.07, 6.45) is 7.63. The number of carboxylic acid groups (broad SMARTS) is 1. The normalized spacial score (nSPS) is 21.7. The molecule has 2 aliphatic rings. The minimum Gasteiger partial charge on any atom is -0.497 e. The third-order valence-corrected chi connectivity index (χ3v) is 8.63. The van der Waals surface area contributed by atoms with Crippen molar-refractivity contribution in [1.29, 1.82) is 0 Å². The largest absolute Gasteiger partial charge is 0.497 e. The van der Waals surface area contributed by atoms with Crippen LogP contribution in [0.2, 0.25) is 0 Å². The van der Waals surface area contributed by atoms with Gasteiger partial charge < -0.3 is 14.7 Å². The van der Waals surface area contributed by atoms with E-state index in [-0.39, 0.29) is 23.7 Å². The smallest absolute Gasteiger partial charge is 0.308 e. The molecule has 0 spiro atoms. The first-order valence-electron chi connectivity index (χ1n) is 12.2. The van der Waals surface area contributed by atoms with Crippen LogP contribution in [0, 0.1) is 17.7 Å². The molecule has 0 unspecified atom stereocenters. The SMILES string of the molecule is COc1ccc2ncc(F)c(C(=O)CC[C@H]3CCN(CCSC4CCCC4)C[C@H]3C(=O)O)c2c1. The number of pyridine rings is 1. The van der Waals surface area contributed by atoms with Crippen LogP contribution in [0.15, 0.2) is 24.4 Å². The summed E-state index contributed by atoms with van der Waals surface area (Å²) in [5.41, 5.74) is 0.537. The van der Waals surface area contributed by atoms with Gasteiger partial charge in [0.1, 0.15) is 5.75 Å². The van der Waals surface area contributed by atoms with Gasteiger partial charge >= 0.3 is 5.97 Å². The number of benzene rings is 1. The van der Waals surface area contributed by atoms with Crippen LogP contribution in [0.5, 0.6) is 5.75 Å². The number of aliphatic carboxylic acids is 1. The van der Waals surface area contributed by atoms with Gasteiger partial charge in [0.15, 0.2) is 11.6 Å². The van der Waals surface area contributed by atoms with Gasteiger partial charge in [-0.25, -0.2) is 4.39 Å². The van der Waals surface area contributed by atoms with Gasteiger partial charge in [-0.3, -0.25) is 14.6 Å². The van der Waals surface area contributed by atoms with Gasteiger partial charge in [-0.1, -0.05) is 12.8 Å². The zero-order chi connectivity index (χ0) is 24.1. The summed E-state index contributed by atoms with van der Waals surface area (Å²) < 4.78 is 19.9. The molecular weight excluding hydrogens is 455 g/mol. The van der Waals surface area contributed by atoms with Gasteiger partial charge in [0.25, 0.3) is 0 Å². The molecule has 1 N–H and O–H groups in total. The molecule has 1 aromatic carbocycles. The average Bonchev–Trinajstić information content (AvgIpc) is 3.36. The van der Waals surface area contributed by atoms with E-state index in [1.54, 1.807) is 18.2 Å². The van der Waals surface area contributed by atoms with Crippen molar-refractivity contribution in [2.45, 2.75) is 50.2 Å². The summed E-state index contributed by atoms with van der Waals surface area (Å²) in [6.45, 7) is 2.27. The van der Waals surface area contributed by atoms with Crippen molar-refractivity contribution in [3.63, 3.8) is 0 Å². The lowest BCUT2D eigenvalue weighted by Gasteiger charge is -2.36. The number of likely N-dealkylation sites (tertiary alicyclic amines) is 1. The molecule has 2 aromatic rings. The van der Waals surface area contributed by atoms with Gasteiger partial charge in [0, 0.05) is 35.9 Å². The molecule has 1 aliphatic heterocycles. The Morgan fingerprint density at radius 2 is 2.06 bits per heavy atom. The number of methoxy groups -OCH3 is 1. The predicted octanol–water partition coefficient (Wildman–Crippen LogP) is 5.04. The van der Waals surface area contributed by atoms with Crippen molar-refractivity contribution < 1.29 is 23.8 Å². The van der Waals surface area contributed by atoms with Crippen molar-refractivity contribution in [3.05, 3.63) is 35.8 Å². The highest BCUT2D eigenvalue weighted by molar-refractivity contribution is 7.99. The van der Waals surface area contributed by atoms with E-state index in [1.165, 1.54) is 32.8 Å². The lowest BCUT2D eigenvalue weighted by Crippen LogP contribution is -2.44. The predicted molar refractivity (Wildman–Crippen MR) is 132 cm³/mol. The second kappa shape index (κ2) is 11.5. The minimum absolute atomic E-state index is 0.0112. The number of halogens is 1. The topological polar surface area (TPSA) is 79.7 Å². The van der Waals surface area contributed by atoms with Crippen LogP contribution in [0.4, 0.5) is 4.39 Å². The van der Waals surface area contributed by atoms with Crippen LogP contribution < -0.4 is 4.74 Å². The molecule has 1 saturated heterocycles. The van der Waals surface area contributed by atoms with E-state index in [9.17, 15) is 19.1 Å². The van der Waals surface area contributed by atoms with Crippen molar-refractivity contribution >= 4 is 34.4 Å². The van der Waals surface area contributed by atoms with Crippen LogP contribution in [0.3, 0.4) is 0 Å². The Balaban J connectivity index is 1.36. The van der Waals surface area contributed by atoms with E-state index in [1.807, 2.05) is 11.8 Å². The Kier molecular flexibility index (Phi) is 8.42. The maximum absolute atomic E-state index is 14.6. The molecule has 184 valence electrons. The number of Topliss-reactive ketones (excluding diaryl/α,β-unsaturated/α-hetero) is 1. The van der Waals surface area contributed by atoms with Gasteiger partial charge in [-0.05, 0) is 56.3 Å². The first-order chi connectivity index (χ1) is 16.5. The second-order valence-electron chi connectivity index (χ2n) is 9.40. The molecule has 0 bridgehead atoms. The van der Waals surface area contributed by atoms with E-state index in [4.69, 9.17) is 4.74 Å². The molecule has 1 aliphatic carbocycles. The Morgan fingerprint density at radius 3 is 2.79 bits per heavy atom. The summed E-state index contributed by atoms with van der Waals surface area (Å²) in [7, 11) is 1.52. The standard InChI is InChI=1S/C26H33FN2O4S/c1-33-18-7-8-23-20(14-18)25(22(27)15-28-23)24(30)9-6-17-10-11-29(16-21(17)26(31)32)12-13-34-19-4-2-3-5-19/h7-8,14-15,17,19,21H,2-6,9-13,16H2,1H3,(H,31,32)/t17-,21+/m0/s1. The molecule has 0 amide bonds. The molecule has 34 heavy (non-hydrogen) atoms. The van der Waals surface area contributed by atoms with Crippen LogP contribution in [-0.2, 0) is 4.79 Å². The number of hydrogen-bond donors (Lipinski definition) is 1. The summed E-state index contributed by atoms with van der Waals surface area (Å²) in [6, 6.07) is 5.05. The number of carbonyl (C=O) groups excluding carboxylic acids is 1. The third kappa shape index (κ3) is 5.89. The lowest BCUT2D eigenvalue weighted by atomic mass is 9.81. The van der Waals surface area contributed by atoms with Crippen molar-refractivity contribution in [2.24, 2.45) is 11.8 Å². The highest BCUT2D eigenvalue weighted by atomic mass is 32.2. The van der Waals surface area contributed by atoms with Gasteiger partial charge in [-0.15, -0.1) is 0 Å². The number of fused-ring (bicyclic) bond motifs is 1. The molecule has 1 saturated carbocycles. The molecule has 0 radical (unpaired) electrons. The number of thioether (sulfide) groups is 1. The third-order valence-electron chi connectivity index (χ3n) is 7.27. The van der Waals surface area contributed by atoms with Crippen molar-refractivity contribution in [1.82, 2.24) is 9.88 Å². The highest BCUT2D eigenvalue weighted by Crippen LogP contribution is 2.32. The first kappa shape index (κ1) is 24.9. The van der Waals surface area contributed by atoms with E-state index >= 15 is 0 Å². The monoisotopic (exact) mass is 488 g/mol. The average molecular weight is 489 g/mol. The Morgan fingerprint density at radius 1 is 1.26 bits per heavy atom. The van der Waals surface area contributed by atoms with E-state index < -0.39 is 17.7 Å². The van der Waals surface area contributed by atoms with Crippen LogP contribution >= 0.6 is 11.8 Å². The zero-order valence-corrected chi connectivity index (χ0v) is 20.5. The summed E-state index contributed by atoms with van der Waals surface area (Å²) in [4.78, 5) is 31.4. The summed E-state index contributed by atoms with van der Waals surface area (Å²) in [5.74, 6) is -0.817. The zero-order valence-electron chi connectivity index (χ0n) is 19.7. The van der Waals surface area contributed by atoms with E-state index in [0.29, 0.717) is 29.6 Å².